The van der Waals surface area contributed by atoms with Crippen LogP contribution < -0.4 is 0 Å². The maximum atomic E-state index is 8.68. The zero-order chi connectivity index (χ0) is 18.0. The SMILES string of the molecule is CC(C=CC1=C(C)CCCC1(C)C)=CCCC(C)=CC=NCCO. The van der Waals surface area contributed by atoms with Gasteiger partial charge in [-0.25, -0.2) is 0 Å². The lowest BCUT2D eigenvalue weighted by atomic mass is 9.72. The van der Waals surface area contributed by atoms with Crippen molar-refractivity contribution in [3.8, 4) is 0 Å². The van der Waals surface area contributed by atoms with Gasteiger partial charge in [-0.3, -0.25) is 4.99 Å². The lowest BCUT2D eigenvalue weighted by Crippen LogP contribution is -2.19. The molecule has 0 aliphatic heterocycles. The Bertz CT molecular complexity index is 544. The van der Waals surface area contributed by atoms with E-state index in [2.05, 4.69) is 57.8 Å². The molecule has 1 aliphatic rings. The van der Waals surface area contributed by atoms with Crippen LogP contribution in [0.3, 0.4) is 0 Å². The summed E-state index contributed by atoms with van der Waals surface area (Å²) in [6.07, 6.45) is 16.7. The number of hydrogen-bond donors (Lipinski definition) is 1. The fraction of sp³-hybridized carbons (Fsp3) is 0.591. The molecule has 1 aliphatic carbocycles. The second-order valence-electron chi connectivity index (χ2n) is 7.54. The van der Waals surface area contributed by atoms with Crippen LogP contribution in [0.5, 0.6) is 0 Å². The van der Waals surface area contributed by atoms with E-state index in [4.69, 9.17) is 5.11 Å². The molecule has 1 rings (SSSR count). The summed E-state index contributed by atoms with van der Waals surface area (Å²) in [4.78, 5) is 4.09. The number of aliphatic hydroxyl groups is 1. The Balaban J connectivity index is 2.55. The zero-order valence-corrected chi connectivity index (χ0v) is 16.2. The minimum atomic E-state index is 0.115. The van der Waals surface area contributed by atoms with Gasteiger partial charge in [-0.1, -0.05) is 48.8 Å². The highest BCUT2D eigenvalue weighted by molar-refractivity contribution is 5.71. The molecule has 134 valence electrons. The maximum Gasteiger partial charge on any atom is 0.0626 e. The van der Waals surface area contributed by atoms with E-state index in [9.17, 15) is 0 Å². The van der Waals surface area contributed by atoms with E-state index in [-0.39, 0.29) is 6.61 Å². The van der Waals surface area contributed by atoms with Crippen LogP contribution in [0, 0.1) is 5.41 Å². The monoisotopic (exact) mass is 329 g/mol. The van der Waals surface area contributed by atoms with Crippen molar-refractivity contribution >= 4 is 6.21 Å². The molecule has 0 saturated heterocycles. The molecule has 0 saturated carbocycles. The Labute approximate surface area is 148 Å². The molecule has 0 spiro atoms. The van der Waals surface area contributed by atoms with E-state index in [1.165, 1.54) is 36.0 Å². The predicted octanol–water partition coefficient (Wildman–Crippen LogP) is 5.81. The van der Waals surface area contributed by atoms with Crippen molar-refractivity contribution in [1.29, 1.82) is 0 Å². The van der Waals surface area contributed by atoms with E-state index in [1.807, 2.05) is 6.08 Å². The predicted molar refractivity (Wildman–Crippen MR) is 107 cm³/mol. The van der Waals surface area contributed by atoms with E-state index in [1.54, 1.807) is 11.8 Å². The van der Waals surface area contributed by atoms with Gasteiger partial charge in [-0.15, -0.1) is 0 Å². The van der Waals surface area contributed by atoms with E-state index < -0.39 is 0 Å². The molecule has 0 amide bonds. The van der Waals surface area contributed by atoms with Crippen LogP contribution in [-0.2, 0) is 0 Å². The largest absolute Gasteiger partial charge is 0.394 e. The fourth-order valence-corrected chi connectivity index (χ4v) is 3.22. The normalized spacial score (nSPS) is 19.8. The molecule has 0 aromatic carbocycles. The van der Waals surface area contributed by atoms with Crippen LogP contribution >= 0.6 is 0 Å². The fourth-order valence-electron chi connectivity index (χ4n) is 3.22. The molecular formula is C22H35NO. The summed E-state index contributed by atoms with van der Waals surface area (Å²) in [6.45, 7) is 11.9. The van der Waals surface area contributed by atoms with Crippen LogP contribution in [0.4, 0.5) is 0 Å². The Morgan fingerprint density at radius 3 is 2.71 bits per heavy atom. The van der Waals surface area contributed by atoms with Gasteiger partial charge in [0.25, 0.3) is 0 Å². The third-order valence-corrected chi connectivity index (χ3v) is 4.75. The molecule has 0 heterocycles. The van der Waals surface area contributed by atoms with Crippen molar-refractivity contribution < 1.29 is 5.11 Å². The minimum Gasteiger partial charge on any atom is -0.394 e. The first-order chi connectivity index (χ1) is 11.4. The summed E-state index contributed by atoms with van der Waals surface area (Å²) < 4.78 is 0. The summed E-state index contributed by atoms with van der Waals surface area (Å²) >= 11 is 0. The molecule has 0 aromatic rings. The van der Waals surface area contributed by atoms with Gasteiger partial charge >= 0.3 is 0 Å². The van der Waals surface area contributed by atoms with Crippen molar-refractivity contribution in [3.05, 3.63) is 46.6 Å². The van der Waals surface area contributed by atoms with Crippen molar-refractivity contribution in [2.24, 2.45) is 10.4 Å². The van der Waals surface area contributed by atoms with E-state index in [0.29, 0.717) is 12.0 Å². The molecule has 0 aromatic heterocycles. The summed E-state index contributed by atoms with van der Waals surface area (Å²) in [7, 11) is 0. The van der Waals surface area contributed by atoms with Crippen LogP contribution in [-0.4, -0.2) is 24.5 Å². The van der Waals surface area contributed by atoms with Gasteiger partial charge in [0.15, 0.2) is 0 Å². The summed E-state index contributed by atoms with van der Waals surface area (Å²) in [5.41, 5.74) is 6.04. The minimum absolute atomic E-state index is 0.115. The number of nitrogens with zero attached hydrogens (tertiary/aromatic N) is 1. The Morgan fingerprint density at radius 1 is 1.29 bits per heavy atom. The van der Waals surface area contributed by atoms with Crippen LogP contribution in [0.25, 0.3) is 0 Å². The second-order valence-corrected chi connectivity index (χ2v) is 7.54. The Morgan fingerprint density at radius 2 is 2.04 bits per heavy atom. The molecule has 0 atom stereocenters. The molecule has 2 heteroatoms. The number of hydrogen-bond acceptors (Lipinski definition) is 2. The van der Waals surface area contributed by atoms with Gasteiger partial charge < -0.3 is 5.11 Å². The lowest BCUT2D eigenvalue weighted by Gasteiger charge is -2.32. The smallest absolute Gasteiger partial charge is 0.0626 e. The van der Waals surface area contributed by atoms with Crippen molar-refractivity contribution in [2.75, 3.05) is 13.2 Å². The van der Waals surface area contributed by atoms with Gasteiger partial charge in [0, 0.05) is 6.21 Å². The first-order valence-corrected chi connectivity index (χ1v) is 9.18. The van der Waals surface area contributed by atoms with E-state index in [0.717, 1.165) is 12.8 Å². The second kappa shape index (κ2) is 10.5. The molecule has 2 nitrogen and oxygen atoms in total. The van der Waals surface area contributed by atoms with Crippen LogP contribution in [0.2, 0.25) is 0 Å². The lowest BCUT2D eigenvalue weighted by molar-refractivity contribution is 0.307. The summed E-state index contributed by atoms with van der Waals surface area (Å²) in [6, 6.07) is 0. The van der Waals surface area contributed by atoms with E-state index >= 15 is 0 Å². The summed E-state index contributed by atoms with van der Waals surface area (Å²) in [5, 5.41) is 8.68. The number of allylic oxidation sites excluding steroid dienone is 8. The van der Waals surface area contributed by atoms with Gasteiger partial charge in [-0.05, 0) is 69.9 Å². The molecule has 0 fully saturated rings. The average molecular weight is 330 g/mol. The van der Waals surface area contributed by atoms with Gasteiger partial charge in [0.2, 0.25) is 0 Å². The third kappa shape index (κ3) is 7.44. The average Bonchev–Trinajstić information content (AvgIpc) is 2.50. The molecule has 1 N–H and O–H groups in total. The molecule has 0 radical (unpaired) electrons. The molecule has 0 bridgehead atoms. The quantitative estimate of drug-likeness (QED) is 0.442. The zero-order valence-electron chi connectivity index (χ0n) is 16.2. The Hall–Kier alpha value is -1.41. The molecular weight excluding hydrogens is 294 g/mol. The molecule has 0 unspecified atom stereocenters. The highest BCUT2D eigenvalue weighted by Crippen LogP contribution is 2.40. The standard InChI is InChI=1S/C22H35NO/c1-18(8-6-9-19(2)13-15-23-16-17-24)11-12-21-20(3)10-7-14-22(21,4)5/h8,11-13,15,24H,6-7,9-10,14,16-17H2,1-5H3. The van der Waals surface area contributed by atoms with Gasteiger partial charge in [-0.2, -0.15) is 0 Å². The molecule has 24 heavy (non-hydrogen) atoms. The number of aliphatic imine (C=N–C) groups is 1. The van der Waals surface area contributed by atoms with Crippen molar-refractivity contribution in [3.63, 3.8) is 0 Å². The van der Waals surface area contributed by atoms with Crippen LogP contribution in [0.15, 0.2) is 51.6 Å². The highest BCUT2D eigenvalue weighted by atomic mass is 16.3. The third-order valence-electron chi connectivity index (χ3n) is 4.75. The maximum absolute atomic E-state index is 8.68. The summed E-state index contributed by atoms with van der Waals surface area (Å²) in [5.74, 6) is 0. The van der Waals surface area contributed by atoms with Gasteiger partial charge in [0.05, 0.1) is 13.2 Å². The number of aliphatic hydroxyl groups excluding tert-OH is 1. The highest BCUT2D eigenvalue weighted by Gasteiger charge is 2.26. The van der Waals surface area contributed by atoms with Gasteiger partial charge in [0.1, 0.15) is 0 Å². The number of rotatable bonds is 8. The van der Waals surface area contributed by atoms with Crippen LogP contribution in [0.1, 0.15) is 66.7 Å². The van der Waals surface area contributed by atoms with Crippen molar-refractivity contribution in [1.82, 2.24) is 0 Å². The Kier molecular flexibility index (Phi) is 8.99. The first kappa shape index (κ1) is 20.6. The topological polar surface area (TPSA) is 32.6 Å². The first-order valence-electron chi connectivity index (χ1n) is 9.18. The van der Waals surface area contributed by atoms with Crippen molar-refractivity contribution in [2.45, 2.75) is 66.7 Å².